The smallest absolute Gasteiger partial charge is 0.170 e. The van der Waals surface area contributed by atoms with Crippen molar-refractivity contribution >= 4 is 17.3 Å². The van der Waals surface area contributed by atoms with E-state index in [0.717, 1.165) is 11.4 Å². The molecular weight excluding hydrogens is 380 g/mol. The van der Waals surface area contributed by atoms with E-state index >= 15 is 0 Å². The zero-order valence-corrected chi connectivity index (χ0v) is 17.8. The minimum Gasteiger partial charge on any atom is -0.395 e. The van der Waals surface area contributed by atoms with Gasteiger partial charge in [0.2, 0.25) is 0 Å². The van der Waals surface area contributed by atoms with Gasteiger partial charge in [-0.05, 0) is 74.4 Å². The highest BCUT2D eigenvalue weighted by atomic mass is 32.1. The van der Waals surface area contributed by atoms with Gasteiger partial charge in [0, 0.05) is 29.8 Å². The van der Waals surface area contributed by atoms with E-state index in [1.54, 1.807) is 0 Å². The van der Waals surface area contributed by atoms with Crippen LogP contribution in [0.2, 0.25) is 0 Å². The van der Waals surface area contributed by atoms with Crippen molar-refractivity contribution in [2.24, 2.45) is 0 Å². The number of pyridine rings is 1. The highest BCUT2D eigenvalue weighted by molar-refractivity contribution is 7.80. The molecule has 0 saturated carbocycles. The molecule has 3 aromatic rings. The van der Waals surface area contributed by atoms with Crippen LogP contribution in [0, 0.1) is 20.8 Å². The number of aliphatic hydroxyl groups excluding tert-OH is 1. The summed E-state index contributed by atoms with van der Waals surface area (Å²) >= 11 is 5.62. The number of thiocarbonyl (C=S) groups is 1. The number of hydrogen-bond donors (Lipinski definition) is 2. The minimum atomic E-state index is -0.0679. The quantitative estimate of drug-likeness (QED) is 0.632. The third kappa shape index (κ3) is 3.54. The van der Waals surface area contributed by atoms with E-state index in [-0.39, 0.29) is 18.7 Å². The van der Waals surface area contributed by atoms with Crippen molar-refractivity contribution in [1.82, 2.24) is 19.8 Å². The Hall–Kier alpha value is -2.70. The summed E-state index contributed by atoms with van der Waals surface area (Å²) in [5.41, 5.74) is 6.87. The molecule has 5 nitrogen and oxygen atoms in total. The summed E-state index contributed by atoms with van der Waals surface area (Å²) in [7, 11) is 0. The summed E-state index contributed by atoms with van der Waals surface area (Å²) in [6.07, 6.45) is 1.81. The summed E-state index contributed by atoms with van der Waals surface area (Å²) in [6, 6.07) is 16.6. The van der Waals surface area contributed by atoms with Crippen LogP contribution in [0.15, 0.2) is 54.7 Å². The molecule has 3 heterocycles. The van der Waals surface area contributed by atoms with Crippen LogP contribution >= 0.6 is 12.2 Å². The third-order valence-corrected chi connectivity index (χ3v) is 5.94. The van der Waals surface area contributed by atoms with Crippen LogP contribution in [0.3, 0.4) is 0 Å². The van der Waals surface area contributed by atoms with Crippen molar-refractivity contribution < 1.29 is 5.11 Å². The number of benzene rings is 1. The third-order valence-electron chi connectivity index (χ3n) is 5.59. The molecule has 29 heavy (non-hydrogen) atoms. The summed E-state index contributed by atoms with van der Waals surface area (Å²) in [4.78, 5) is 6.66. The molecule has 2 aromatic heterocycles. The molecule has 0 unspecified atom stereocenters. The van der Waals surface area contributed by atoms with E-state index < -0.39 is 0 Å². The van der Waals surface area contributed by atoms with Gasteiger partial charge in [-0.2, -0.15) is 0 Å². The van der Waals surface area contributed by atoms with Crippen LogP contribution in [0.5, 0.6) is 0 Å². The first-order valence-corrected chi connectivity index (χ1v) is 10.3. The van der Waals surface area contributed by atoms with Crippen molar-refractivity contribution in [3.05, 3.63) is 82.9 Å². The Morgan fingerprint density at radius 2 is 1.93 bits per heavy atom. The van der Waals surface area contributed by atoms with Gasteiger partial charge in [0.15, 0.2) is 5.11 Å². The van der Waals surface area contributed by atoms with Gasteiger partial charge in [-0.1, -0.05) is 18.2 Å². The molecule has 0 spiro atoms. The van der Waals surface area contributed by atoms with Gasteiger partial charge >= 0.3 is 0 Å². The predicted octanol–water partition coefficient (Wildman–Crippen LogP) is 3.76. The number of nitrogens with one attached hydrogen (secondary N) is 1. The molecule has 4 rings (SSSR count). The van der Waals surface area contributed by atoms with E-state index in [0.29, 0.717) is 11.7 Å². The molecule has 0 bridgehead atoms. The predicted molar refractivity (Wildman–Crippen MR) is 119 cm³/mol. The molecule has 1 aliphatic heterocycles. The molecule has 1 fully saturated rings. The maximum atomic E-state index is 9.65. The van der Waals surface area contributed by atoms with Crippen molar-refractivity contribution in [1.29, 1.82) is 0 Å². The number of aryl methyl sites for hydroxylation is 2. The zero-order chi connectivity index (χ0) is 20.5. The lowest BCUT2D eigenvalue weighted by Crippen LogP contribution is -2.32. The van der Waals surface area contributed by atoms with E-state index in [1.807, 2.05) is 24.4 Å². The van der Waals surface area contributed by atoms with Gasteiger partial charge < -0.3 is 19.9 Å². The first-order chi connectivity index (χ1) is 14.0. The van der Waals surface area contributed by atoms with Gasteiger partial charge in [-0.25, -0.2) is 0 Å². The molecular formula is C23H26N4OS. The highest BCUT2D eigenvalue weighted by Gasteiger charge is 2.41. The molecule has 6 heteroatoms. The van der Waals surface area contributed by atoms with Gasteiger partial charge in [-0.3, -0.25) is 4.98 Å². The summed E-state index contributed by atoms with van der Waals surface area (Å²) in [6.45, 7) is 6.92. The summed E-state index contributed by atoms with van der Waals surface area (Å²) in [5, 5.41) is 13.7. The lowest BCUT2D eigenvalue weighted by Gasteiger charge is -2.27. The average molecular weight is 407 g/mol. The Bertz CT molecular complexity index is 1030. The fourth-order valence-corrected chi connectivity index (χ4v) is 4.68. The van der Waals surface area contributed by atoms with Crippen LogP contribution in [0.25, 0.3) is 5.69 Å². The van der Waals surface area contributed by atoms with Crippen LogP contribution in [-0.2, 0) is 0 Å². The second-order valence-electron chi connectivity index (χ2n) is 7.54. The summed E-state index contributed by atoms with van der Waals surface area (Å²) in [5.74, 6) is 0. The molecule has 1 aromatic carbocycles. The second-order valence-corrected chi connectivity index (χ2v) is 7.93. The second kappa shape index (κ2) is 7.97. The molecule has 1 aliphatic rings. The lowest BCUT2D eigenvalue weighted by atomic mass is 9.97. The Balaban J connectivity index is 1.84. The van der Waals surface area contributed by atoms with Crippen molar-refractivity contribution in [3.8, 4) is 5.69 Å². The fraction of sp³-hybridized carbons (Fsp3) is 0.304. The van der Waals surface area contributed by atoms with E-state index in [4.69, 9.17) is 12.2 Å². The zero-order valence-electron chi connectivity index (χ0n) is 17.0. The molecule has 1 saturated heterocycles. The van der Waals surface area contributed by atoms with Crippen LogP contribution in [-0.4, -0.2) is 37.8 Å². The molecule has 0 aliphatic carbocycles. The highest BCUT2D eigenvalue weighted by Crippen LogP contribution is 2.41. The Morgan fingerprint density at radius 3 is 2.62 bits per heavy atom. The molecule has 2 atom stereocenters. The molecule has 150 valence electrons. The number of rotatable bonds is 5. The first-order valence-electron chi connectivity index (χ1n) is 9.86. The Morgan fingerprint density at radius 1 is 1.10 bits per heavy atom. The van der Waals surface area contributed by atoms with E-state index in [2.05, 4.69) is 70.9 Å². The normalized spacial score (nSPS) is 18.9. The molecule has 0 amide bonds. The van der Waals surface area contributed by atoms with Crippen LogP contribution < -0.4 is 5.32 Å². The van der Waals surface area contributed by atoms with Gasteiger partial charge in [0.05, 0.1) is 24.4 Å². The van der Waals surface area contributed by atoms with Crippen molar-refractivity contribution in [3.63, 3.8) is 0 Å². The number of hydrogen-bond acceptors (Lipinski definition) is 3. The SMILES string of the molecule is Cc1cccc(-n2c(C)cc([C@@H]3[C@H](c4ccccn4)NC(=S)N3CCO)c2C)c1. The monoisotopic (exact) mass is 406 g/mol. The fourth-order valence-electron chi connectivity index (χ4n) is 4.34. The number of aromatic nitrogens is 2. The number of aliphatic hydroxyl groups is 1. The van der Waals surface area contributed by atoms with Crippen molar-refractivity contribution in [2.45, 2.75) is 32.9 Å². The number of nitrogens with zero attached hydrogens (tertiary/aromatic N) is 3. The first kappa shape index (κ1) is 19.6. The lowest BCUT2D eigenvalue weighted by molar-refractivity contribution is 0.223. The molecule has 0 radical (unpaired) electrons. The van der Waals surface area contributed by atoms with Crippen molar-refractivity contribution in [2.75, 3.05) is 13.2 Å². The maximum Gasteiger partial charge on any atom is 0.170 e. The Labute approximate surface area is 177 Å². The van der Waals surface area contributed by atoms with E-state index in [9.17, 15) is 5.11 Å². The number of β-amino-alcohol motifs (C(OH)–C–C–N with tert-alkyl or cyclic N) is 1. The largest absolute Gasteiger partial charge is 0.395 e. The summed E-state index contributed by atoms with van der Waals surface area (Å²) < 4.78 is 2.29. The van der Waals surface area contributed by atoms with Gasteiger partial charge in [0.1, 0.15) is 0 Å². The van der Waals surface area contributed by atoms with Gasteiger partial charge in [-0.15, -0.1) is 0 Å². The molecule has 2 N–H and O–H groups in total. The van der Waals surface area contributed by atoms with Crippen LogP contribution in [0.4, 0.5) is 0 Å². The standard InChI is InChI=1S/C23H26N4OS/c1-15-7-6-8-18(13-15)27-16(2)14-19(17(27)3)22-21(20-9-4-5-10-24-20)25-23(29)26(22)11-12-28/h4-10,13-14,21-22,28H,11-12H2,1-3H3,(H,25,29)/t21-,22+/m0/s1. The topological polar surface area (TPSA) is 53.3 Å². The van der Waals surface area contributed by atoms with Crippen LogP contribution in [0.1, 0.15) is 40.3 Å². The Kier molecular flexibility index (Phi) is 5.39. The van der Waals surface area contributed by atoms with Gasteiger partial charge in [0.25, 0.3) is 0 Å². The minimum absolute atomic E-state index is 0.0330. The average Bonchev–Trinajstić information content (AvgIpc) is 3.18. The maximum absolute atomic E-state index is 9.65. The van der Waals surface area contributed by atoms with E-state index in [1.165, 1.54) is 22.5 Å².